The number of sulfonamides is 1. The zero-order valence-electron chi connectivity index (χ0n) is 26.2. The highest BCUT2D eigenvalue weighted by atomic mass is 35.5. The molecule has 1 aliphatic rings. The Bertz CT molecular complexity index is 1610. The number of benzene rings is 1. The van der Waals surface area contributed by atoms with Gasteiger partial charge in [0.1, 0.15) is 11.4 Å². The Labute approximate surface area is 264 Å². The minimum absolute atomic E-state index is 0.107. The van der Waals surface area contributed by atoms with Crippen molar-refractivity contribution in [2.75, 3.05) is 42.1 Å². The number of hydrogen-bond donors (Lipinski definition) is 2. The summed E-state index contributed by atoms with van der Waals surface area (Å²) in [6.07, 6.45) is 5.61. The van der Waals surface area contributed by atoms with Gasteiger partial charge >= 0.3 is 6.09 Å². The molecule has 3 aromatic rings. The maximum Gasteiger partial charge on any atom is 0.407 e. The van der Waals surface area contributed by atoms with Gasteiger partial charge in [-0.1, -0.05) is 18.5 Å². The van der Waals surface area contributed by atoms with Gasteiger partial charge in [-0.2, -0.15) is 5.10 Å². The fraction of sp³-hybridized carbons (Fsp3) is 0.533. The summed E-state index contributed by atoms with van der Waals surface area (Å²) < 4.78 is 33.7. The van der Waals surface area contributed by atoms with Gasteiger partial charge < -0.3 is 19.9 Å². The number of amides is 2. The largest absolute Gasteiger partial charge is 0.444 e. The lowest BCUT2D eigenvalue weighted by Gasteiger charge is -2.31. The van der Waals surface area contributed by atoms with Gasteiger partial charge in [0.25, 0.3) is 5.91 Å². The van der Waals surface area contributed by atoms with Crippen LogP contribution in [0.1, 0.15) is 81.0 Å². The standard InChI is InChI=1S/C30H42ClN7O5S/c1-7-25(24-18-26-33-27(36-14-8-9-15-36)20(2)19-38(26)34-24)37(16-10-13-32-29(40)43-30(3,4)5)28(39)22-17-21(31)11-12-23(22)35-44(6,41)42/h11-12,17-19,25,35H,7-10,13-16H2,1-6H3,(H,32,40)/t25-/m0/s1. The van der Waals surface area contributed by atoms with Gasteiger partial charge in [0.15, 0.2) is 5.65 Å². The van der Waals surface area contributed by atoms with Crippen molar-refractivity contribution in [1.29, 1.82) is 0 Å². The van der Waals surface area contributed by atoms with Crippen molar-refractivity contribution in [3.05, 3.63) is 52.3 Å². The molecule has 0 bridgehead atoms. The first-order valence-corrected chi connectivity index (χ1v) is 17.1. The molecular formula is C30H42ClN7O5S. The van der Waals surface area contributed by atoms with Gasteiger partial charge in [0.05, 0.1) is 29.2 Å². The predicted octanol–water partition coefficient (Wildman–Crippen LogP) is 5.17. The lowest BCUT2D eigenvalue weighted by Crippen LogP contribution is -2.38. The van der Waals surface area contributed by atoms with E-state index in [1.807, 2.05) is 26.1 Å². The lowest BCUT2D eigenvalue weighted by molar-refractivity contribution is 0.0523. The second-order valence-corrected chi connectivity index (χ2v) is 14.3. The Hall–Kier alpha value is -3.58. The first-order valence-electron chi connectivity index (χ1n) is 14.8. The molecule has 0 aliphatic carbocycles. The van der Waals surface area contributed by atoms with Crippen molar-refractivity contribution >= 4 is 50.8 Å². The van der Waals surface area contributed by atoms with Crippen LogP contribution >= 0.6 is 11.6 Å². The van der Waals surface area contributed by atoms with Crippen LogP contribution in [0.4, 0.5) is 16.3 Å². The summed E-state index contributed by atoms with van der Waals surface area (Å²) in [6, 6.07) is 5.85. The maximum atomic E-state index is 14.3. The van der Waals surface area contributed by atoms with Crippen molar-refractivity contribution in [3.8, 4) is 0 Å². The summed E-state index contributed by atoms with van der Waals surface area (Å²) in [5.74, 6) is 0.507. The molecule has 1 aliphatic heterocycles. The van der Waals surface area contributed by atoms with E-state index in [1.165, 1.54) is 18.2 Å². The molecule has 2 aromatic heterocycles. The molecule has 0 unspecified atom stereocenters. The summed E-state index contributed by atoms with van der Waals surface area (Å²) in [4.78, 5) is 35.3. The average molecular weight is 648 g/mol. The number of nitrogens with zero attached hydrogens (tertiary/aromatic N) is 5. The van der Waals surface area contributed by atoms with Crippen LogP contribution in [-0.2, 0) is 14.8 Å². The maximum absolute atomic E-state index is 14.3. The van der Waals surface area contributed by atoms with E-state index in [-0.39, 0.29) is 29.4 Å². The molecule has 1 fully saturated rings. The zero-order valence-corrected chi connectivity index (χ0v) is 27.8. The lowest BCUT2D eigenvalue weighted by atomic mass is 10.1. The van der Waals surface area contributed by atoms with Crippen molar-refractivity contribution in [1.82, 2.24) is 24.8 Å². The number of hydrogen-bond acceptors (Lipinski definition) is 8. The van der Waals surface area contributed by atoms with E-state index >= 15 is 0 Å². The number of carbonyl (C=O) groups excluding carboxylic acids is 2. The number of carbonyl (C=O) groups is 2. The highest BCUT2D eigenvalue weighted by Gasteiger charge is 2.30. The smallest absolute Gasteiger partial charge is 0.407 e. The fourth-order valence-corrected chi connectivity index (χ4v) is 6.06. The van der Waals surface area contributed by atoms with Gasteiger partial charge in [-0.15, -0.1) is 0 Å². The van der Waals surface area contributed by atoms with Crippen LogP contribution < -0.4 is 14.9 Å². The molecule has 12 nitrogen and oxygen atoms in total. The Kier molecular flexibility index (Phi) is 10.3. The summed E-state index contributed by atoms with van der Waals surface area (Å²) >= 11 is 6.28. The second kappa shape index (κ2) is 13.6. The minimum Gasteiger partial charge on any atom is -0.444 e. The summed E-state index contributed by atoms with van der Waals surface area (Å²) in [5.41, 5.74) is 1.92. The third-order valence-electron chi connectivity index (χ3n) is 7.15. The molecular weight excluding hydrogens is 606 g/mol. The third kappa shape index (κ3) is 8.53. The molecule has 240 valence electrons. The van der Waals surface area contributed by atoms with E-state index in [0.717, 1.165) is 43.6 Å². The number of ether oxygens (including phenoxy) is 1. The molecule has 0 radical (unpaired) electrons. The molecule has 2 amide bonds. The van der Waals surface area contributed by atoms with Crippen LogP contribution in [0, 0.1) is 6.92 Å². The number of halogens is 1. The molecule has 44 heavy (non-hydrogen) atoms. The van der Waals surface area contributed by atoms with Crippen molar-refractivity contribution in [2.45, 2.75) is 71.9 Å². The van der Waals surface area contributed by atoms with E-state index in [4.69, 9.17) is 26.4 Å². The van der Waals surface area contributed by atoms with Crippen molar-refractivity contribution in [2.24, 2.45) is 0 Å². The first-order chi connectivity index (χ1) is 20.6. The quantitative estimate of drug-likeness (QED) is 0.272. The molecule has 1 saturated heterocycles. The highest BCUT2D eigenvalue weighted by molar-refractivity contribution is 7.92. The number of aryl methyl sites for hydroxylation is 1. The molecule has 0 saturated carbocycles. The summed E-state index contributed by atoms with van der Waals surface area (Å²) in [6.45, 7) is 11.7. The van der Waals surface area contributed by atoms with Crippen LogP contribution in [0.3, 0.4) is 0 Å². The zero-order chi connectivity index (χ0) is 32.2. The molecule has 14 heteroatoms. The summed E-state index contributed by atoms with van der Waals surface area (Å²) in [7, 11) is -3.68. The molecule has 2 N–H and O–H groups in total. The van der Waals surface area contributed by atoms with Crippen LogP contribution in [0.2, 0.25) is 5.02 Å². The van der Waals surface area contributed by atoms with Gasteiger partial charge in [0, 0.05) is 49.0 Å². The Morgan fingerprint density at radius 3 is 2.52 bits per heavy atom. The number of rotatable bonds is 11. The van der Waals surface area contributed by atoms with E-state index in [0.29, 0.717) is 24.2 Å². The SMILES string of the molecule is CC[C@@H](c1cc2nc(N3CCCC3)c(C)cn2n1)N(CCCNC(=O)OC(C)(C)C)C(=O)c1cc(Cl)ccc1NS(C)(=O)=O. The number of alkyl carbamates (subject to hydrolysis) is 1. The Balaban J connectivity index is 1.68. The van der Waals surface area contributed by atoms with E-state index in [2.05, 4.69) is 14.9 Å². The van der Waals surface area contributed by atoms with Gasteiger partial charge in [-0.25, -0.2) is 22.7 Å². The average Bonchev–Trinajstić information content (AvgIpc) is 3.59. The molecule has 3 heterocycles. The predicted molar refractivity (Wildman–Crippen MR) is 172 cm³/mol. The van der Waals surface area contributed by atoms with Crippen LogP contribution in [-0.4, -0.2) is 78.0 Å². The van der Waals surface area contributed by atoms with Gasteiger partial charge in [0.2, 0.25) is 10.0 Å². The first kappa shape index (κ1) is 33.3. The number of fused-ring (bicyclic) bond motifs is 1. The molecule has 1 aromatic carbocycles. The van der Waals surface area contributed by atoms with E-state index in [1.54, 1.807) is 30.2 Å². The van der Waals surface area contributed by atoms with Crippen LogP contribution in [0.5, 0.6) is 0 Å². The van der Waals surface area contributed by atoms with Crippen LogP contribution in [0.25, 0.3) is 5.65 Å². The third-order valence-corrected chi connectivity index (χ3v) is 7.97. The van der Waals surface area contributed by atoms with E-state index < -0.39 is 33.7 Å². The molecule has 1 atom stereocenters. The van der Waals surface area contributed by atoms with Crippen molar-refractivity contribution < 1.29 is 22.7 Å². The highest BCUT2D eigenvalue weighted by Crippen LogP contribution is 2.31. The number of nitrogens with one attached hydrogen (secondary N) is 2. The Morgan fingerprint density at radius 1 is 1.18 bits per heavy atom. The van der Waals surface area contributed by atoms with Gasteiger partial charge in [-0.05, 0) is 71.6 Å². The topological polar surface area (TPSA) is 138 Å². The normalized spacial score (nSPS) is 14.5. The Morgan fingerprint density at radius 2 is 1.89 bits per heavy atom. The number of anilines is 2. The fourth-order valence-electron chi connectivity index (χ4n) is 5.31. The number of aromatic nitrogens is 3. The minimum atomic E-state index is -3.68. The van der Waals surface area contributed by atoms with Gasteiger partial charge in [-0.3, -0.25) is 9.52 Å². The van der Waals surface area contributed by atoms with Crippen LogP contribution in [0.15, 0.2) is 30.5 Å². The second-order valence-electron chi connectivity index (χ2n) is 12.1. The monoisotopic (exact) mass is 647 g/mol. The summed E-state index contributed by atoms with van der Waals surface area (Å²) in [5, 5.41) is 7.84. The van der Waals surface area contributed by atoms with Crippen molar-refractivity contribution in [3.63, 3.8) is 0 Å². The molecule has 4 rings (SSSR count). The van der Waals surface area contributed by atoms with E-state index in [9.17, 15) is 18.0 Å². The molecule has 0 spiro atoms.